The second kappa shape index (κ2) is 4.70. The van der Waals surface area contributed by atoms with Crippen molar-refractivity contribution in [3.63, 3.8) is 0 Å². The predicted molar refractivity (Wildman–Crippen MR) is 47.5 cm³/mol. The first-order valence-corrected chi connectivity index (χ1v) is 4.07. The molecule has 0 spiro atoms. The topological polar surface area (TPSA) is 72.5 Å². The lowest BCUT2D eigenvalue weighted by atomic mass is 10.3. The number of carboxylic acids is 1. The molecule has 6 heteroatoms. The summed E-state index contributed by atoms with van der Waals surface area (Å²) < 4.78 is 30.3. The fourth-order valence-corrected chi connectivity index (χ4v) is 0.839. The first kappa shape index (κ1) is 11.4. The van der Waals surface area contributed by atoms with E-state index in [0.717, 1.165) is 18.2 Å². The molecule has 1 rings (SSSR count). The van der Waals surface area contributed by atoms with Crippen molar-refractivity contribution in [2.75, 3.05) is 6.61 Å². The quantitative estimate of drug-likeness (QED) is 0.780. The van der Waals surface area contributed by atoms with E-state index in [-0.39, 0.29) is 5.75 Å². The minimum absolute atomic E-state index is 0.355. The number of hydrogen-bond acceptors (Lipinski definition) is 3. The summed E-state index contributed by atoms with van der Waals surface area (Å²) >= 11 is 0. The first-order chi connectivity index (χ1) is 7.00. The van der Waals surface area contributed by atoms with Gasteiger partial charge in [-0.25, -0.2) is 8.78 Å². The van der Waals surface area contributed by atoms with Gasteiger partial charge in [-0.15, -0.1) is 0 Å². The van der Waals surface area contributed by atoms with Gasteiger partial charge in [-0.05, 0) is 12.1 Å². The highest BCUT2D eigenvalue weighted by Crippen LogP contribution is 2.17. The summed E-state index contributed by atoms with van der Waals surface area (Å²) in [5, 5.41) is 8.41. The van der Waals surface area contributed by atoms with E-state index in [9.17, 15) is 13.6 Å². The van der Waals surface area contributed by atoms with Gasteiger partial charge in [-0.3, -0.25) is 4.79 Å². The summed E-state index contributed by atoms with van der Waals surface area (Å²) in [7, 11) is 0. The van der Waals surface area contributed by atoms with Gasteiger partial charge in [0.25, 0.3) is 0 Å². The Morgan fingerprint density at radius 3 is 2.80 bits per heavy atom. The van der Waals surface area contributed by atoms with Crippen molar-refractivity contribution in [1.29, 1.82) is 0 Å². The monoisotopic (exact) mass is 217 g/mol. The highest BCUT2D eigenvalue weighted by atomic mass is 19.1. The maximum absolute atomic E-state index is 12.9. The molecule has 82 valence electrons. The molecule has 1 aromatic rings. The number of benzene rings is 1. The second-order valence-electron chi connectivity index (χ2n) is 2.83. The Labute approximate surface area is 84.3 Å². The third-order valence-electron chi connectivity index (χ3n) is 1.63. The summed E-state index contributed by atoms with van der Waals surface area (Å²) in [5.41, 5.74) is 5.11. The van der Waals surface area contributed by atoms with Gasteiger partial charge >= 0.3 is 5.97 Å². The van der Waals surface area contributed by atoms with Gasteiger partial charge in [0.05, 0.1) is 0 Å². The lowest BCUT2D eigenvalue weighted by molar-refractivity contribution is -0.139. The lowest BCUT2D eigenvalue weighted by Crippen LogP contribution is -2.36. The van der Waals surface area contributed by atoms with Crippen molar-refractivity contribution >= 4 is 5.97 Å². The molecular weight excluding hydrogens is 208 g/mol. The molecule has 15 heavy (non-hydrogen) atoms. The normalized spacial score (nSPS) is 12.2. The predicted octanol–water partition coefficient (Wildman–Crippen LogP) is 0.756. The van der Waals surface area contributed by atoms with E-state index < -0.39 is 30.3 Å². The molecule has 0 bridgehead atoms. The minimum Gasteiger partial charge on any atom is -0.488 e. The minimum atomic E-state index is -1.27. The number of halogens is 2. The van der Waals surface area contributed by atoms with Crippen LogP contribution in [0.1, 0.15) is 0 Å². The van der Waals surface area contributed by atoms with Crippen molar-refractivity contribution in [2.24, 2.45) is 5.73 Å². The summed E-state index contributed by atoms with van der Waals surface area (Å²) in [6.45, 7) is -0.421. The van der Waals surface area contributed by atoms with Crippen LogP contribution < -0.4 is 10.5 Å². The highest BCUT2D eigenvalue weighted by molar-refractivity contribution is 5.73. The molecule has 1 aromatic carbocycles. The maximum Gasteiger partial charge on any atom is 0.324 e. The molecule has 4 nitrogen and oxygen atoms in total. The van der Waals surface area contributed by atoms with E-state index in [4.69, 9.17) is 15.6 Å². The SMILES string of the molecule is NC(COc1cc(F)ccc1F)C(=O)O. The smallest absolute Gasteiger partial charge is 0.324 e. The van der Waals surface area contributed by atoms with E-state index in [0.29, 0.717) is 0 Å². The van der Waals surface area contributed by atoms with Crippen molar-refractivity contribution in [3.05, 3.63) is 29.8 Å². The zero-order valence-electron chi connectivity index (χ0n) is 7.61. The van der Waals surface area contributed by atoms with Crippen molar-refractivity contribution in [1.82, 2.24) is 0 Å². The third-order valence-corrected chi connectivity index (χ3v) is 1.63. The standard InChI is InChI=1S/C9H9F2NO3/c10-5-1-2-6(11)8(3-5)15-4-7(12)9(13)14/h1-3,7H,4,12H2,(H,13,14). The van der Waals surface area contributed by atoms with Gasteiger partial charge in [0.2, 0.25) is 0 Å². The molecule has 0 aliphatic carbocycles. The van der Waals surface area contributed by atoms with Gasteiger partial charge in [0.15, 0.2) is 11.6 Å². The maximum atomic E-state index is 12.9. The molecule has 0 saturated carbocycles. The van der Waals surface area contributed by atoms with Crippen LogP contribution in [-0.4, -0.2) is 23.7 Å². The number of rotatable bonds is 4. The number of carbonyl (C=O) groups is 1. The van der Waals surface area contributed by atoms with Crippen molar-refractivity contribution in [2.45, 2.75) is 6.04 Å². The summed E-state index contributed by atoms with van der Waals surface area (Å²) in [4.78, 5) is 10.3. The van der Waals surface area contributed by atoms with Crippen LogP contribution in [-0.2, 0) is 4.79 Å². The van der Waals surface area contributed by atoms with Crippen LogP contribution in [0.5, 0.6) is 5.75 Å². The van der Waals surface area contributed by atoms with E-state index in [1.165, 1.54) is 0 Å². The molecule has 0 saturated heterocycles. The van der Waals surface area contributed by atoms with Crippen LogP contribution in [0.2, 0.25) is 0 Å². The zero-order valence-corrected chi connectivity index (χ0v) is 7.61. The average Bonchev–Trinajstić information content (AvgIpc) is 2.18. The van der Waals surface area contributed by atoms with E-state index in [1.807, 2.05) is 0 Å². The fourth-order valence-electron chi connectivity index (χ4n) is 0.839. The molecule has 0 heterocycles. The Bertz CT molecular complexity index is 370. The average molecular weight is 217 g/mol. The van der Waals surface area contributed by atoms with E-state index in [2.05, 4.69) is 0 Å². The number of nitrogens with two attached hydrogens (primary N) is 1. The molecule has 0 aliphatic heterocycles. The summed E-state index contributed by atoms with van der Waals surface area (Å²) in [6, 6.07) is 1.37. The van der Waals surface area contributed by atoms with Gasteiger partial charge in [0, 0.05) is 6.07 Å². The lowest BCUT2D eigenvalue weighted by Gasteiger charge is -2.09. The van der Waals surface area contributed by atoms with Gasteiger partial charge in [0.1, 0.15) is 18.5 Å². The van der Waals surface area contributed by atoms with Crippen LogP contribution in [0.15, 0.2) is 18.2 Å². The molecule has 0 radical (unpaired) electrons. The van der Waals surface area contributed by atoms with Crippen molar-refractivity contribution in [3.8, 4) is 5.75 Å². The highest BCUT2D eigenvalue weighted by Gasteiger charge is 2.13. The van der Waals surface area contributed by atoms with Crippen LogP contribution in [0.25, 0.3) is 0 Å². The Balaban J connectivity index is 2.65. The molecule has 3 N–H and O–H groups in total. The van der Waals surface area contributed by atoms with Gasteiger partial charge < -0.3 is 15.6 Å². The van der Waals surface area contributed by atoms with Crippen LogP contribution in [0.3, 0.4) is 0 Å². The molecule has 0 amide bonds. The molecule has 1 unspecified atom stereocenters. The van der Waals surface area contributed by atoms with Crippen LogP contribution in [0.4, 0.5) is 8.78 Å². The number of hydrogen-bond donors (Lipinski definition) is 2. The van der Waals surface area contributed by atoms with E-state index >= 15 is 0 Å². The zero-order chi connectivity index (χ0) is 11.4. The number of carboxylic acid groups (broad SMARTS) is 1. The van der Waals surface area contributed by atoms with Crippen molar-refractivity contribution < 1.29 is 23.4 Å². The van der Waals surface area contributed by atoms with Crippen LogP contribution >= 0.6 is 0 Å². The number of ether oxygens (including phenoxy) is 1. The molecular formula is C9H9F2NO3. The summed E-state index contributed by atoms with van der Waals surface area (Å²) in [6.07, 6.45) is 0. The fraction of sp³-hybridized carbons (Fsp3) is 0.222. The largest absolute Gasteiger partial charge is 0.488 e. The molecule has 1 atom stereocenters. The Kier molecular flexibility index (Phi) is 3.56. The molecule has 0 fully saturated rings. The number of aliphatic carboxylic acids is 1. The molecule has 0 aliphatic rings. The Morgan fingerprint density at radius 2 is 2.20 bits per heavy atom. The Morgan fingerprint density at radius 1 is 1.53 bits per heavy atom. The van der Waals surface area contributed by atoms with Crippen LogP contribution in [0, 0.1) is 11.6 Å². The molecule has 0 aromatic heterocycles. The van der Waals surface area contributed by atoms with Gasteiger partial charge in [-0.2, -0.15) is 0 Å². The van der Waals surface area contributed by atoms with E-state index in [1.54, 1.807) is 0 Å². The first-order valence-electron chi connectivity index (χ1n) is 4.07. The van der Waals surface area contributed by atoms with Gasteiger partial charge in [-0.1, -0.05) is 0 Å². The summed E-state index contributed by atoms with van der Waals surface area (Å²) in [5.74, 6) is -3.07. The Hall–Kier alpha value is -1.69. The third kappa shape index (κ3) is 3.17. The second-order valence-corrected chi connectivity index (χ2v) is 2.83.